The number of methoxy groups -OCH3 is 2. The molecule has 150 valence electrons. The van der Waals surface area contributed by atoms with Crippen LogP contribution in [0.2, 0.25) is 0 Å². The van der Waals surface area contributed by atoms with E-state index in [0.717, 1.165) is 0 Å². The summed E-state index contributed by atoms with van der Waals surface area (Å²) < 4.78 is 32.0. The first-order chi connectivity index (χ1) is 12.7. The van der Waals surface area contributed by atoms with Crippen molar-refractivity contribution in [2.75, 3.05) is 20.0 Å². The van der Waals surface area contributed by atoms with Crippen LogP contribution in [0.1, 0.15) is 20.8 Å². The van der Waals surface area contributed by atoms with E-state index in [9.17, 15) is 9.36 Å². The molecule has 0 aromatic heterocycles. The van der Waals surface area contributed by atoms with Crippen LogP contribution in [0.15, 0.2) is 24.3 Å². The first-order valence-electron chi connectivity index (χ1n) is 8.47. The van der Waals surface area contributed by atoms with Crippen molar-refractivity contribution in [3.05, 3.63) is 24.3 Å². The molecule has 1 heterocycles. The number of carbonyl (C=O) groups excluding carboxylic acids is 1. The van der Waals surface area contributed by atoms with Crippen molar-refractivity contribution in [1.82, 2.24) is 9.76 Å². The summed E-state index contributed by atoms with van der Waals surface area (Å²) in [5.41, 5.74) is 0. The van der Waals surface area contributed by atoms with E-state index < -0.39 is 19.7 Å². The van der Waals surface area contributed by atoms with Gasteiger partial charge in [-0.25, -0.2) is 9.65 Å². The highest BCUT2D eigenvalue weighted by Crippen LogP contribution is 2.54. The number of thiocarbonyl (C=S) groups is 1. The Morgan fingerprint density at radius 1 is 1.33 bits per heavy atom. The van der Waals surface area contributed by atoms with Crippen LogP contribution in [0, 0.1) is 5.92 Å². The third-order valence-corrected chi connectivity index (χ3v) is 8.12. The van der Waals surface area contributed by atoms with Crippen molar-refractivity contribution in [1.29, 1.82) is 0 Å². The summed E-state index contributed by atoms with van der Waals surface area (Å²) >= 11 is 6.90. The van der Waals surface area contributed by atoms with E-state index >= 15 is 0 Å². The van der Waals surface area contributed by atoms with E-state index in [1.165, 1.54) is 26.0 Å². The summed E-state index contributed by atoms with van der Waals surface area (Å²) in [6.45, 7) is 5.64. The molecule has 0 spiro atoms. The molecule has 27 heavy (non-hydrogen) atoms. The molecule has 0 radical (unpaired) electrons. The molecule has 3 atom stereocenters. The SMILES string of the molecule is COC(=O)[C@H](C)NP(=O)(Oc1cccc(OC)c1)N1C(=S)SC[C@@H]1C(C)C. The first-order valence-corrected chi connectivity index (χ1v) is 11.4. The Labute approximate surface area is 169 Å². The van der Waals surface area contributed by atoms with E-state index in [-0.39, 0.29) is 12.0 Å². The molecule has 0 saturated carbocycles. The van der Waals surface area contributed by atoms with Crippen molar-refractivity contribution >= 4 is 41.9 Å². The second-order valence-electron chi connectivity index (χ2n) is 6.40. The van der Waals surface area contributed by atoms with Crippen molar-refractivity contribution in [3.63, 3.8) is 0 Å². The minimum atomic E-state index is -3.74. The minimum Gasteiger partial charge on any atom is -0.497 e. The van der Waals surface area contributed by atoms with Crippen molar-refractivity contribution < 1.29 is 23.4 Å². The molecule has 10 heteroatoms. The molecule has 0 bridgehead atoms. The number of rotatable bonds is 8. The van der Waals surface area contributed by atoms with Gasteiger partial charge in [0.2, 0.25) is 0 Å². The van der Waals surface area contributed by atoms with Gasteiger partial charge < -0.3 is 14.0 Å². The van der Waals surface area contributed by atoms with Crippen LogP contribution >= 0.6 is 31.7 Å². The number of nitrogens with zero attached hydrogens (tertiary/aromatic N) is 1. The highest BCUT2D eigenvalue weighted by atomic mass is 32.2. The zero-order chi connectivity index (χ0) is 20.2. The van der Waals surface area contributed by atoms with E-state index in [1.807, 2.05) is 13.8 Å². The quantitative estimate of drug-likeness (QED) is 0.376. The molecule has 0 aliphatic carbocycles. The molecule has 1 unspecified atom stereocenters. The summed E-state index contributed by atoms with van der Waals surface area (Å²) in [6, 6.07) is 5.88. The second kappa shape index (κ2) is 9.28. The maximum Gasteiger partial charge on any atom is 0.421 e. The fraction of sp³-hybridized carbons (Fsp3) is 0.529. The number of nitrogens with one attached hydrogen (secondary N) is 1. The predicted octanol–water partition coefficient (Wildman–Crippen LogP) is 3.69. The van der Waals surface area contributed by atoms with Gasteiger partial charge in [-0.3, -0.25) is 9.46 Å². The summed E-state index contributed by atoms with van der Waals surface area (Å²) in [6.07, 6.45) is 0. The average Bonchev–Trinajstić information content (AvgIpc) is 3.03. The van der Waals surface area contributed by atoms with Crippen molar-refractivity contribution in [3.8, 4) is 11.5 Å². The Hall–Kier alpha value is -1.28. The average molecular weight is 433 g/mol. The lowest BCUT2D eigenvalue weighted by Crippen LogP contribution is -2.44. The number of thioether (sulfide) groups is 1. The molecule has 0 amide bonds. The molecular formula is C17H25N2O5PS2. The molecule has 1 saturated heterocycles. The first kappa shape index (κ1) is 22.0. The Balaban J connectivity index is 2.42. The fourth-order valence-electron chi connectivity index (χ4n) is 2.61. The van der Waals surface area contributed by atoms with E-state index in [0.29, 0.717) is 21.6 Å². The van der Waals surface area contributed by atoms with Gasteiger partial charge in [0.05, 0.1) is 20.3 Å². The summed E-state index contributed by atoms with van der Waals surface area (Å²) in [5.74, 6) is 1.28. The zero-order valence-corrected chi connectivity index (χ0v) is 18.5. The van der Waals surface area contributed by atoms with Crippen LogP contribution in [-0.2, 0) is 14.1 Å². The lowest BCUT2D eigenvalue weighted by Gasteiger charge is -2.35. The van der Waals surface area contributed by atoms with E-state index in [1.54, 1.807) is 35.9 Å². The minimum absolute atomic E-state index is 0.0868. The highest BCUT2D eigenvalue weighted by Gasteiger charge is 2.47. The van der Waals surface area contributed by atoms with Gasteiger partial charge in [0.15, 0.2) is 0 Å². The van der Waals surface area contributed by atoms with E-state index in [4.69, 9.17) is 26.2 Å². The van der Waals surface area contributed by atoms with E-state index in [2.05, 4.69) is 5.09 Å². The lowest BCUT2D eigenvalue weighted by atomic mass is 10.1. The molecule has 1 aromatic carbocycles. The highest BCUT2D eigenvalue weighted by molar-refractivity contribution is 8.23. The largest absolute Gasteiger partial charge is 0.497 e. The van der Waals surface area contributed by atoms with Crippen molar-refractivity contribution in [2.24, 2.45) is 5.92 Å². The Morgan fingerprint density at radius 2 is 2.00 bits per heavy atom. The lowest BCUT2D eigenvalue weighted by molar-refractivity contribution is -0.142. The number of esters is 1. The maximum atomic E-state index is 14.0. The van der Waals surface area contributed by atoms with Crippen LogP contribution in [0.3, 0.4) is 0 Å². The number of ether oxygens (including phenoxy) is 2. The molecule has 2 rings (SSSR count). The molecule has 1 aromatic rings. The van der Waals surface area contributed by atoms with Gasteiger partial charge in [-0.15, -0.1) is 0 Å². The Bertz CT molecular complexity index is 746. The van der Waals surface area contributed by atoms with Crippen LogP contribution in [0.25, 0.3) is 0 Å². The third-order valence-electron chi connectivity index (χ3n) is 4.11. The monoisotopic (exact) mass is 432 g/mol. The van der Waals surface area contributed by atoms with Gasteiger partial charge >= 0.3 is 13.6 Å². The van der Waals surface area contributed by atoms with Crippen molar-refractivity contribution in [2.45, 2.75) is 32.9 Å². The van der Waals surface area contributed by atoms with Gasteiger partial charge in [0.25, 0.3) is 0 Å². The van der Waals surface area contributed by atoms with Crippen LogP contribution < -0.4 is 14.3 Å². The van der Waals surface area contributed by atoms with Crippen LogP contribution in [0.4, 0.5) is 0 Å². The predicted molar refractivity (Wildman–Crippen MR) is 111 cm³/mol. The molecule has 1 aliphatic rings. The summed E-state index contributed by atoms with van der Waals surface area (Å²) in [7, 11) is -0.925. The van der Waals surface area contributed by atoms with Gasteiger partial charge in [-0.1, -0.05) is 43.9 Å². The van der Waals surface area contributed by atoms with Crippen LogP contribution in [0.5, 0.6) is 11.5 Å². The number of hydrogen-bond acceptors (Lipinski definition) is 7. The second-order valence-corrected chi connectivity index (χ2v) is 9.96. The van der Waals surface area contributed by atoms with Gasteiger partial charge in [0, 0.05) is 11.8 Å². The number of hydrogen-bond donors (Lipinski definition) is 1. The summed E-state index contributed by atoms with van der Waals surface area (Å²) in [4.78, 5) is 11.9. The topological polar surface area (TPSA) is 77.1 Å². The van der Waals surface area contributed by atoms with Gasteiger partial charge in [-0.2, -0.15) is 0 Å². The Morgan fingerprint density at radius 3 is 2.59 bits per heavy atom. The molecule has 1 aliphatic heterocycles. The third kappa shape index (κ3) is 5.16. The normalized spacial score (nSPS) is 20.3. The van der Waals surface area contributed by atoms with Gasteiger partial charge in [0.1, 0.15) is 21.9 Å². The molecular weight excluding hydrogens is 407 g/mol. The maximum absolute atomic E-state index is 14.0. The van der Waals surface area contributed by atoms with Gasteiger partial charge in [-0.05, 0) is 25.0 Å². The van der Waals surface area contributed by atoms with Crippen LogP contribution in [-0.4, -0.2) is 47.0 Å². The molecule has 1 fully saturated rings. The fourth-order valence-corrected chi connectivity index (χ4v) is 7.21. The molecule has 7 nitrogen and oxygen atoms in total. The number of carbonyl (C=O) groups is 1. The smallest absolute Gasteiger partial charge is 0.421 e. The Kier molecular flexibility index (Phi) is 7.56. The zero-order valence-electron chi connectivity index (χ0n) is 16.0. The number of benzene rings is 1. The summed E-state index contributed by atoms with van der Waals surface area (Å²) in [5, 5.41) is 2.83. The molecule has 1 N–H and O–H groups in total. The standard InChI is InChI=1S/C17H25N2O5PS2/c1-11(2)15-10-27-17(26)19(15)25(21,18-12(3)16(20)23-5)24-14-8-6-7-13(9-14)22-4/h6-9,11-12,15H,10H2,1-5H3,(H,18,21)/t12-,15+,25?/m0/s1.